The van der Waals surface area contributed by atoms with E-state index in [1.807, 2.05) is 6.92 Å². The summed E-state index contributed by atoms with van der Waals surface area (Å²) in [6.45, 7) is 1.85. The van der Waals surface area contributed by atoms with Crippen LogP contribution in [0, 0.1) is 12.7 Å². The first kappa shape index (κ1) is 12.6. The Morgan fingerprint density at radius 1 is 1.39 bits per heavy atom. The number of amides is 1. The smallest absolute Gasteiger partial charge is 0.268 e. The number of rotatable bonds is 2. The lowest BCUT2D eigenvalue weighted by Gasteiger charge is -2.16. The molecule has 0 unspecified atom stereocenters. The van der Waals surface area contributed by atoms with Crippen molar-refractivity contribution in [2.45, 2.75) is 6.92 Å². The first-order valence-electron chi connectivity index (χ1n) is 5.39. The minimum Gasteiger partial charge on any atom is -0.398 e. The Kier molecular flexibility index (Phi) is 3.34. The molecule has 1 aromatic carbocycles. The molecule has 1 aromatic heterocycles. The van der Waals surface area contributed by atoms with Crippen molar-refractivity contribution in [2.24, 2.45) is 0 Å². The van der Waals surface area contributed by atoms with E-state index in [1.54, 1.807) is 31.3 Å². The molecule has 1 heterocycles. The van der Waals surface area contributed by atoms with Crippen LogP contribution in [-0.4, -0.2) is 13.0 Å². The van der Waals surface area contributed by atoms with E-state index in [9.17, 15) is 9.18 Å². The molecule has 3 nitrogen and oxygen atoms in total. The molecule has 0 saturated heterocycles. The molecule has 0 aliphatic rings. The molecule has 2 N–H and O–H groups in total. The summed E-state index contributed by atoms with van der Waals surface area (Å²) in [6.07, 6.45) is 0. The van der Waals surface area contributed by atoms with Crippen LogP contribution < -0.4 is 10.6 Å². The van der Waals surface area contributed by atoms with E-state index in [4.69, 9.17) is 5.73 Å². The molecule has 0 aliphatic carbocycles. The third-order valence-electron chi connectivity index (χ3n) is 2.69. The second kappa shape index (κ2) is 4.78. The zero-order valence-corrected chi connectivity index (χ0v) is 10.9. The highest BCUT2D eigenvalue weighted by Gasteiger charge is 2.18. The number of nitrogens with two attached hydrogens (primary N) is 1. The van der Waals surface area contributed by atoms with Crippen LogP contribution in [-0.2, 0) is 0 Å². The van der Waals surface area contributed by atoms with Crippen LogP contribution in [0.5, 0.6) is 0 Å². The molecule has 0 aliphatic heterocycles. The van der Waals surface area contributed by atoms with E-state index >= 15 is 0 Å². The van der Waals surface area contributed by atoms with Crippen molar-refractivity contribution in [3.63, 3.8) is 0 Å². The SMILES string of the molecule is Cc1sc(C(=O)N(C)c2ccccc2F)cc1N. The van der Waals surface area contributed by atoms with Crippen LogP contribution in [0.2, 0.25) is 0 Å². The van der Waals surface area contributed by atoms with Crippen LogP contribution in [0.25, 0.3) is 0 Å². The molecular formula is C13H13FN2OS. The van der Waals surface area contributed by atoms with E-state index in [2.05, 4.69) is 0 Å². The first-order valence-corrected chi connectivity index (χ1v) is 6.21. The summed E-state index contributed by atoms with van der Waals surface area (Å²) in [6, 6.07) is 7.80. The summed E-state index contributed by atoms with van der Waals surface area (Å²) in [5.41, 5.74) is 6.56. The molecule has 0 radical (unpaired) electrons. The van der Waals surface area contributed by atoms with Gasteiger partial charge in [-0.3, -0.25) is 4.79 Å². The molecule has 1 amide bonds. The van der Waals surface area contributed by atoms with Crippen LogP contribution in [0.15, 0.2) is 30.3 Å². The Labute approximate surface area is 109 Å². The van der Waals surface area contributed by atoms with Gasteiger partial charge in [0, 0.05) is 17.6 Å². The summed E-state index contributed by atoms with van der Waals surface area (Å²) in [5, 5.41) is 0. The van der Waals surface area contributed by atoms with Gasteiger partial charge in [-0.25, -0.2) is 4.39 Å². The fraction of sp³-hybridized carbons (Fsp3) is 0.154. The van der Waals surface area contributed by atoms with Crippen molar-refractivity contribution < 1.29 is 9.18 Å². The maximum Gasteiger partial charge on any atom is 0.268 e. The van der Waals surface area contributed by atoms with Gasteiger partial charge in [-0.1, -0.05) is 12.1 Å². The fourth-order valence-electron chi connectivity index (χ4n) is 1.60. The Morgan fingerprint density at radius 3 is 2.61 bits per heavy atom. The number of anilines is 2. The van der Waals surface area contributed by atoms with Crippen molar-refractivity contribution in [3.8, 4) is 0 Å². The normalized spacial score (nSPS) is 10.4. The molecule has 18 heavy (non-hydrogen) atoms. The first-order chi connectivity index (χ1) is 8.50. The maximum absolute atomic E-state index is 13.6. The second-order valence-corrected chi connectivity index (χ2v) is 5.19. The highest BCUT2D eigenvalue weighted by atomic mass is 32.1. The van der Waals surface area contributed by atoms with Crippen molar-refractivity contribution in [2.75, 3.05) is 17.7 Å². The van der Waals surface area contributed by atoms with Crippen molar-refractivity contribution >= 4 is 28.6 Å². The highest BCUT2D eigenvalue weighted by Crippen LogP contribution is 2.26. The largest absolute Gasteiger partial charge is 0.398 e. The van der Waals surface area contributed by atoms with Gasteiger partial charge in [-0.05, 0) is 25.1 Å². The van der Waals surface area contributed by atoms with Crippen LogP contribution in [0.4, 0.5) is 15.8 Å². The number of carbonyl (C=O) groups excluding carboxylic acids is 1. The fourth-order valence-corrected chi connectivity index (χ4v) is 2.52. The maximum atomic E-state index is 13.6. The van der Waals surface area contributed by atoms with Crippen LogP contribution in [0.3, 0.4) is 0 Å². The standard InChI is InChI=1S/C13H13FN2OS/c1-8-10(15)7-12(18-8)13(17)16(2)11-6-4-3-5-9(11)14/h3-7H,15H2,1-2H3. The van der Waals surface area contributed by atoms with Gasteiger partial charge in [0.2, 0.25) is 0 Å². The van der Waals surface area contributed by atoms with E-state index in [0.29, 0.717) is 10.6 Å². The van der Waals surface area contributed by atoms with Gasteiger partial charge in [0.1, 0.15) is 5.82 Å². The summed E-state index contributed by atoms with van der Waals surface area (Å²) in [4.78, 5) is 14.9. The van der Waals surface area contributed by atoms with Crippen LogP contribution in [0.1, 0.15) is 14.5 Å². The van der Waals surface area contributed by atoms with E-state index in [-0.39, 0.29) is 11.6 Å². The summed E-state index contributed by atoms with van der Waals surface area (Å²) < 4.78 is 13.6. The van der Waals surface area contributed by atoms with Crippen molar-refractivity contribution in [1.29, 1.82) is 0 Å². The summed E-state index contributed by atoms with van der Waals surface area (Å²) >= 11 is 1.31. The Bertz CT molecular complexity index is 575. The molecule has 2 aromatic rings. The monoisotopic (exact) mass is 264 g/mol. The lowest BCUT2D eigenvalue weighted by molar-refractivity contribution is 0.0996. The number of hydrogen-bond donors (Lipinski definition) is 1. The van der Waals surface area contributed by atoms with E-state index in [1.165, 1.54) is 22.3 Å². The van der Waals surface area contributed by atoms with Gasteiger partial charge < -0.3 is 10.6 Å². The molecule has 0 atom stereocenters. The predicted molar refractivity (Wildman–Crippen MR) is 72.6 cm³/mol. The number of hydrogen-bond acceptors (Lipinski definition) is 3. The second-order valence-electron chi connectivity index (χ2n) is 3.94. The summed E-state index contributed by atoms with van der Waals surface area (Å²) in [5.74, 6) is -0.681. The molecule has 2 rings (SSSR count). The van der Waals surface area contributed by atoms with Gasteiger partial charge in [0.05, 0.1) is 10.6 Å². The molecule has 94 valence electrons. The molecule has 0 fully saturated rings. The molecular weight excluding hydrogens is 251 g/mol. The Morgan fingerprint density at radius 2 is 2.06 bits per heavy atom. The van der Waals surface area contributed by atoms with Gasteiger partial charge in [-0.2, -0.15) is 0 Å². The molecule has 5 heteroatoms. The topological polar surface area (TPSA) is 46.3 Å². The van der Waals surface area contributed by atoms with Crippen molar-refractivity contribution in [1.82, 2.24) is 0 Å². The van der Waals surface area contributed by atoms with Gasteiger partial charge in [0.25, 0.3) is 5.91 Å². The van der Waals surface area contributed by atoms with Gasteiger partial charge in [-0.15, -0.1) is 11.3 Å². The quantitative estimate of drug-likeness (QED) is 0.906. The third-order valence-corrected chi connectivity index (χ3v) is 3.74. The average Bonchev–Trinajstić information content (AvgIpc) is 2.68. The lowest BCUT2D eigenvalue weighted by Crippen LogP contribution is -2.26. The van der Waals surface area contributed by atoms with Crippen LogP contribution >= 0.6 is 11.3 Å². The molecule has 0 bridgehead atoms. The average molecular weight is 264 g/mol. The van der Waals surface area contributed by atoms with E-state index in [0.717, 1.165) is 4.88 Å². The number of nitrogen functional groups attached to an aromatic ring is 1. The minimum absolute atomic E-state index is 0.257. The molecule has 0 saturated carbocycles. The Balaban J connectivity index is 2.32. The summed E-state index contributed by atoms with van der Waals surface area (Å²) in [7, 11) is 1.55. The predicted octanol–water partition coefficient (Wildman–Crippen LogP) is 3.05. The zero-order valence-electron chi connectivity index (χ0n) is 10.1. The van der Waals surface area contributed by atoms with E-state index < -0.39 is 5.82 Å². The number of carbonyl (C=O) groups is 1. The molecule has 0 spiro atoms. The van der Waals surface area contributed by atoms with Gasteiger partial charge >= 0.3 is 0 Å². The zero-order chi connectivity index (χ0) is 13.3. The highest BCUT2D eigenvalue weighted by molar-refractivity contribution is 7.14. The number of aryl methyl sites for hydroxylation is 1. The number of para-hydroxylation sites is 1. The van der Waals surface area contributed by atoms with Crippen molar-refractivity contribution in [3.05, 3.63) is 45.9 Å². The number of thiophene rings is 1. The number of halogens is 1. The number of benzene rings is 1. The lowest BCUT2D eigenvalue weighted by atomic mass is 10.2. The Hall–Kier alpha value is -1.88. The third kappa shape index (κ3) is 2.22. The number of nitrogens with zero attached hydrogens (tertiary/aromatic N) is 1. The van der Waals surface area contributed by atoms with Gasteiger partial charge in [0.15, 0.2) is 0 Å². The minimum atomic E-state index is -0.422.